The Balaban J connectivity index is 2.04. The lowest BCUT2D eigenvalue weighted by atomic mass is 9.97. The maximum Gasteiger partial charge on any atom is 0.258 e. The second-order valence-electron chi connectivity index (χ2n) is 5.10. The van der Waals surface area contributed by atoms with Crippen LogP contribution in [-0.4, -0.2) is 17.6 Å². The molecule has 0 saturated carbocycles. The van der Waals surface area contributed by atoms with E-state index in [4.69, 9.17) is 0 Å². The van der Waals surface area contributed by atoms with Crippen molar-refractivity contribution in [2.75, 3.05) is 11.4 Å². The molecule has 0 aliphatic carbocycles. The summed E-state index contributed by atoms with van der Waals surface area (Å²) in [7, 11) is 0. The molecule has 3 nitrogen and oxygen atoms in total. The Labute approximate surface area is 118 Å². The molecule has 0 bridgehead atoms. The molecule has 1 unspecified atom stereocenters. The minimum atomic E-state index is -0.587. The van der Waals surface area contributed by atoms with Crippen molar-refractivity contribution >= 4 is 11.6 Å². The van der Waals surface area contributed by atoms with E-state index in [0.29, 0.717) is 6.54 Å². The normalized spacial score (nSPS) is 15.9. The Morgan fingerprint density at radius 2 is 1.80 bits per heavy atom. The third-order valence-electron chi connectivity index (χ3n) is 3.78. The number of hydrogen-bond acceptors (Lipinski definition) is 2. The van der Waals surface area contributed by atoms with Crippen molar-refractivity contribution in [1.82, 2.24) is 0 Å². The molecule has 3 rings (SSSR count). The number of fused-ring (bicyclic) bond motifs is 1. The van der Waals surface area contributed by atoms with Gasteiger partial charge in [-0.3, -0.25) is 4.79 Å². The van der Waals surface area contributed by atoms with Crippen LogP contribution in [0.3, 0.4) is 0 Å². The van der Waals surface area contributed by atoms with Crippen molar-refractivity contribution < 1.29 is 9.90 Å². The summed E-state index contributed by atoms with van der Waals surface area (Å²) in [4.78, 5) is 14.4. The van der Waals surface area contributed by atoms with Crippen LogP contribution in [0, 0.1) is 0 Å². The van der Waals surface area contributed by atoms with Gasteiger partial charge in [0.2, 0.25) is 0 Å². The molecule has 0 aromatic heterocycles. The summed E-state index contributed by atoms with van der Waals surface area (Å²) in [5.74, 6) is 0.0138. The topological polar surface area (TPSA) is 40.5 Å². The maximum atomic E-state index is 12.6. The van der Waals surface area contributed by atoms with E-state index in [-0.39, 0.29) is 5.91 Å². The highest BCUT2D eigenvalue weighted by Gasteiger charge is 2.26. The van der Waals surface area contributed by atoms with Gasteiger partial charge in [-0.2, -0.15) is 0 Å². The molecule has 1 atom stereocenters. The van der Waals surface area contributed by atoms with Gasteiger partial charge in [-0.05, 0) is 31.0 Å². The number of nitrogens with zero attached hydrogens (tertiary/aromatic N) is 1. The highest BCUT2D eigenvalue weighted by Crippen LogP contribution is 2.30. The van der Waals surface area contributed by atoms with Gasteiger partial charge in [-0.25, -0.2) is 0 Å². The zero-order chi connectivity index (χ0) is 14.1. The van der Waals surface area contributed by atoms with Crippen molar-refractivity contribution in [2.24, 2.45) is 0 Å². The van der Waals surface area contributed by atoms with Gasteiger partial charge in [-0.15, -0.1) is 0 Å². The SMILES string of the molecule is CC(O)c1ccccc1N1CCc2ccccc2C1=O. The van der Waals surface area contributed by atoms with Gasteiger partial charge in [0, 0.05) is 23.4 Å². The Kier molecular flexibility index (Phi) is 3.28. The fraction of sp³-hybridized carbons (Fsp3) is 0.235. The minimum absolute atomic E-state index is 0.0138. The highest BCUT2D eigenvalue weighted by atomic mass is 16.3. The number of anilines is 1. The van der Waals surface area contributed by atoms with E-state index >= 15 is 0 Å². The first-order valence-corrected chi connectivity index (χ1v) is 6.85. The first-order chi connectivity index (χ1) is 9.68. The van der Waals surface area contributed by atoms with Crippen LogP contribution in [0.2, 0.25) is 0 Å². The molecule has 102 valence electrons. The largest absolute Gasteiger partial charge is 0.389 e. The molecule has 2 aromatic carbocycles. The summed E-state index contributed by atoms with van der Waals surface area (Å²) >= 11 is 0. The molecule has 3 heteroatoms. The van der Waals surface area contributed by atoms with Gasteiger partial charge in [0.15, 0.2) is 0 Å². The molecule has 1 heterocycles. The molecule has 2 aromatic rings. The van der Waals surface area contributed by atoms with Crippen LogP contribution in [0.5, 0.6) is 0 Å². The number of hydrogen-bond donors (Lipinski definition) is 1. The van der Waals surface area contributed by atoms with E-state index in [1.54, 1.807) is 11.8 Å². The van der Waals surface area contributed by atoms with Crippen molar-refractivity contribution in [3.05, 3.63) is 65.2 Å². The van der Waals surface area contributed by atoms with E-state index in [1.165, 1.54) is 0 Å². The monoisotopic (exact) mass is 267 g/mol. The lowest BCUT2D eigenvalue weighted by molar-refractivity contribution is 0.0980. The number of rotatable bonds is 2. The molecule has 20 heavy (non-hydrogen) atoms. The number of carbonyl (C=O) groups excluding carboxylic acids is 1. The third kappa shape index (κ3) is 2.10. The van der Waals surface area contributed by atoms with Gasteiger partial charge in [0.1, 0.15) is 0 Å². The smallest absolute Gasteiger partial charge is 0.258 e. The second kappa shape index (κ2) is 5.10. The zero-order valence-electron chi connectivity index (χ0n) is 11.4. The molecule has 1 aliphatic rings. The summed E-state index contributed by atoms with van der Waals surface area (Å²) in [6, 6.07) is 15.3. The minimum Gasteiger partial charge on any atom is -0.389 e. The predicted molar refractivity (Wildman–Crippen MR) is 78.9 cm³/mol. The highest BCUT2D eigenvalue weighted by molar-refractivity contribution is 6.08. The van der Waals surface area contributed by atoms with Crippen molar-refractivity contribution in [3.8, 4) is 0 Å². The average Bonchev–Trinajstić information content (AvgIpc) is 2.48. The second-order valence-corrected chi connectivity index (χ2v) is 5.10. The lowest BCUT2D eigenvalue weighted by Crippen LogP contribution is -2.38. The lowest BCUT2D eigenvalue weighted by Gasteiger charge is -2.30. The predicted octanol–water partition coefficient (Wildman–Crippen LogP) is 2.94. The molecule has 0 spiro atoms. The Bertz CT molecular complexity index is 649. The standard InChI is InChI=1S/C17H17NO2/c1-12(19)14-7-4-5-9-16(14)18-11-10-13-6-2-3-8-15(13)17(18)20/h2-9,12,19H,10-11H2,1H3. The van der Waals surface area contributed by atoms with Crippen molar-refractivity contribution in [2.45, 2.75) is 19.4 Å². The number of aliphatic hydroxyl groups is 1. The van der Waals surface area contributed by atoms with E-state index in [0.717, 1.165) is 28.8 Å². The van der Waals surface area contributed by atoms with Crippen molar-refractivity contribution in [3.63, 3.8) is 0 Å². The maximum absolute atomic E-state index is 12.6. The fourth-order valence-electron chi connectivity index (χ4n) is 2.74. The first kappa shape index (κ1) is 12.9. The molecular weight excluding hydrogens is 250 g/mol. The van der Waals surface area contributed by atoms with E-state index < -0.39 is 6.10 Å². The van der Waals surface area contributed by atoms with Crippen LogP contribution in [-0.2, 0) is 6.42 Å². The summed E-state index contributed by atoms with van der Waals surface area (Å²) in [5.41, 5.74) is 3.46. The van der Waals surface area contributed by atoms with Crippen LogP contribution in [0.1, 0.15) is 34.5 Å². The summed E-state index contributed by atoms with van der Waals surface area (Å²) < 4.78 is 0. The van der Waals surface area contributed by atoms with E-state index in [1.807, 2.05) is 48.5 Å². The molecular formula is C17H17NO2. The quantitative estimate of drug-likeness (QED) is 0.908. The van der Waals surface area contributed by atoms with E-state index in [2.05, 4.69) is 0 Å². The van der Waals surface area contributed by atoms with E-state index in [9.17, 15) is 9.90 Å². The van der Waals surface area contributed by atoms with Crippen LogP contribution < -0.4 is 4.90 Å². The number of carbonyl (C=O) groups is 1. The Hall–Kier alpha value is -2.13. The fourth-order valence-corrected chi connectivity index (χ4v) is 2.74. The van der Waals surface area contributed by atoms with Crippen molar-refractivity contribution in [1.29, 1.82) is 0 Å². The zero-order valence-corrected chi connectivity index (χ0v) is 11.4. The Morgan fingerprint density at radius 1 is 1.10 bits per heavy atom. The summed E-state index contributed by atoms with van der Waals surface area (Å²) in [5, 5.41) is 9.88. The first-order valence-electron chi connectivity index (χ1n) is 6.85. The number of amides is 1. The van der Waals surface area contributed by atoms with Gasteiger partial charge in [0.25, 0.3) is 5.91 Å². The average molecular weight is 267 g/mol. The van der Waals surface area contributed by atoms with Gasteiger partial charge >= 0.3 is 0 Å². The van der Waals surface area contributed by atoms with Crippen LogP contribution in [0.4, 0.5) is 5.69 Å². The Morgan fingerprint density at radius 3 is 2.60 bits per heavy atom. The number of benzene rings is 2. The molecule has 0 fully saturated rings. The summed E-state index contributed by atoms with van der Waals surface area (Å²) in [6.07, 6.45) is 0.256. The number of aliphatic hydroxyl groups excluding tert-OH is 1. The van der Waals surface area contributed by atoms with Gasteiger partial charge in [0.05, 0.1) is 6.10 Å². The third-order valence-corrected chi connectivity index (χ3v) is 3.78. The van der Waals surface area contributed by atoms with Gasteiger partial charge < -0.3 is 10.0 Å². The van der Waals surface area contributed by atoms with Gasteiger partial charge in [-0.1, -0.05) is 36.4 Å². The summed E-state index contributed by atoms with van der Waals surface area (Å²) in [6.45, 7) is 2.38. The molecule has 0 saturated heterocycles. The van der Waals surface area contributed by atoms with Crippen LogP contribution >= 0.6 is 0 Å². The van der Waals surface area contributed by atoms with Crippen LogP contribution in [0.15, 0.2) is 48.5 Å². The molecule has 1 aliphatic heterocycles. The van der Waals surface area contributed by atoms with Crippen LogP contribution in [0.25, 0.3) is 0 Å². The molecule has 1 amide bonds. The molecule has 1 N–H and O–H groups in total. The molecule has 0 radical (unpaired) electrons. The number of para-hydroxylation sites is 1.